The van der Waals surface area contributed by atoms with E-state index >= 15 is 0 Å². The lowest BCUT2D eigenvalue weighted by Crippen LogP contribution is -2.30. The fourth-order valence-electron chi connectivity index (χ4n) is 2.87. The molecule has 0 unspecified atom stereocenters. The Hall–Kier alpha value is -2.38. The van der Waals surface area contributed by atoms with E-state index < -0.39 is 5.97 Å². The Morgan fingerprint density at radius 3 is 2.28 bits per heavy atom. The number of carbonyl (C=O) groups is 3. The molecule has 2 aromatic rings. The lowest BCUT2D eigenvalue weighted by atomic mass is 10.1. The molecule has 1 N–H and O–H groups in total. The summed E-state index contributed by atoms with van der Waals surface area (Å²) >= 11 is 6.98. The number of hydrogen-bond acceptors (Lipinski definition) is 5. The molecule has 0 spiro atoms. The van der Waals surface area contributed by atoms with Gasteiger partial charge in [0.25, 0.3) is 5.91 Å². The van der Waals surface area contributed by atoms with E-state index in [1.54, 1.807) is 43.0 Å². The third-order valence-electron chi connectivity index (χ3n) is 4.40. The molecule has 0 saturated carbocycles. The number of anilines is 1. The van der Waals surface area contributed by atoms with Crippen molar-refractivity contribution in [3.05, 3.63) is 50.9 Å². The van der Waals surface area contributed by atoms with Crippen molar-refractivity contribution in [1.29, 1.82) is 0 Å². The predicted molar refractivity (Wildman–Crippen MR) is 116 cm³/mol. The van der Waals surface area contributed by atoms with Crippen molar-refractivity contribution < 1.29 is 19.1 Å². The van der Waals surface area contributed by atoms with Crippen LogP contribution in [0.15, 0.2) is 24.3 Å². The van der Waals surface area contributed by atoms with Crippen LogP contribution in [-0.4, -0.2) is 42.4 Å². The van der Waals surface area contributed by atoms with Gasteiger partial charge in [-0.05, 0) is 51.0 Å². The van der Waals surface area contributed by atoms with Gasteiger partial charge in [0.1, 0.15) is 5.00 Å². The summed E-state index contributed by atoms with van der Waals surface area (Å²) < 4.78 is 5.15. The topological polar surface area (TPSA) is 75.7 Å². The van der Waals surface area contributed by atoms with Crippen molar-refractivity contribution in [2.24, 2.45) is 0 Å². The number of halogens is 1. The van der Waals surface area contributed by atoms with Crippen LogP contribution in [-0.2, 0) is 16.0 Å². The first kappa shape index (κ1) is 22.9. The molecule has 0 fully saturated rings. The zero-order valence-electron chi connectivity index (χ0n) is 17.0. The highest BCUT2D eigenvalue weighted by Crippen LogP contribution is 2.34. The van der Waals surface area contributed by atoms with E-state index in [1.807, 2.05) is 13.8 Å². The fourth-order valence-corrected chi connectivity index (χ4v) is 4.17. The highest BCUT2D eigenvalue weighted by molar-refractivity contribution is 7.18. The van der Waals surface area contributed by atoms with Crippen LogP contribution in [0.3, 0.4) is 0 Å². The lowest BCUT2D eigenvalue weighted by molar-refractivity contribution is -0.115. The van der Waals surface area contributed by atoms with Crippen molar-refractivity contribution in [1.82, 2.24) is 4.90 Å². The second-order valence-electron chi connectivity index (χ2n) is 6.31. The molecule has 29 heavy (non-hydrogen) atoms. The van der Waals surface area contributed by atoms with E-state index in [1.165, 1.54) is 0 Å². The Bertz CT molecular complexity index is 889. The summed E-state index contributed by atoms with van der Waals surface area (Å²) in [5.41, 5.74) is 1.54. The number of esters is 1. The second kappa shape index (κ2) is 10.4. The van der Waals surface area contributed by atoms with Gasteiger partial charge in [0.2, 0.25) is 5.91 Å². The average molecular weight is 437 g/mol. The standard InChI is InChI=1S/C21H25ClN2O4S/c1-5-24(6-2)20(26)18-13(4)17(21(27)28-7-3)19(29-18)23-16(25)12-14-8-10-15(22)11-9-14/h8-11H,5-7,12H2,1-4H3,(H,23,25). The average Bonchev–Trinajstić information content (AvgIpc) is 3.00. The van der Waals surface area contributed by atoms with Crippen molar-refractivity contribution in [2.45, 2.75) is 34.1 Å². The minimum absolute atomic E-state index is 0.121. The molecule has 2 rings (SSSR count). The lowest BCUT2D eigenvalue weighted by Gasteiger charge is -2.18. The quantitative estimate of drug-likeness (QED) is 0.616. The van der Waals surface area contributed by atoms with Crippen molar-refractivity contribution in [3.8, 4) is 0 Å². The number of amides is 2. The first-order chi connectivity index (χ1) is 13.8. The fraction of sp³-hybridized carbons (Fsp3) is 0.381. The van der Waals surface area contributed by atoms with Gasteiger partial charge >= 0.3 is 5.97 Å². The van der Waals surface area contributed by atoms with Gasteiger partial charge < -0.3 is 15.0 Å². The van der Waals surface area contributed by atoms with Crippen molar-refractivity contribution in [2.75, 3.05) is 25.0 Å². The van der Waals surface area contributed by atoms with Crippen LogP contribution in [0.2, 0.25) is 5.02 Å². The van der Waals surface area contributed by atoms with E-state index in [0.717, 1.165) is 16.9 Å². The maximum absolute atomic E-state index is 12.8. The molecule has 8 heteroatoms. The smallest absolute Gasteiger partial charge is 0.341 e. The Kier molecular flexibility index (Phi) is 8.22. The van der Waals surface area contributed by atoms with Crippen LogP contribution < -0.4 is 5.32 Å². The van der Waals surface area contributed by atoms with Gasteiger partial charge in [-0.2, -0.15) is 0 Å². The molecule has 156 valence electrons. The summed E-state index contributed by atoms with van der Waals surface area (Å²) in [5.74, 6) is -1.01. The van der Waals surface area contributed by atoms with Crippen LogP contribution in [0.4, 0.5) is 5.00 Å². The summed E-state index contributed by atoms with van der Waals surface area (Å²) in [6.45, 7) is 8.51. The van der Waals surface area contributed by atoms with Gasteiger partial charge in [-0.1, -0.05) is 23.7 Å². The highest BCUT2D eigenvalue weighted by atomic mass is 35.5. The molecule has 0 aliphatic heterocycles. The van der Waals surface area contributed by atoms with Gasteiger partial charge in [0.15, 0.2) is 0 Å². The molecular formula is C21H25ClN2O4S. The third-order valence-corrected chi connectivity index (χ3v) is 5.85. The Morgan fingerprint density at radius 2 is 1.72 bits per heavy atom. The van der Waals surface area contributed by atoms with Gasteiger partial charge in [0.05, 0.1) is 23.5 Å². The molecule has 0 bridgehead atoms. The molecule has 0 saturated heterocycles. The molecule has 0 aliphatic carbocycles. The van der Waals surface area contributed by atoms with Crippen LogP contribution in [0.5, 0.6) is 0 Å². The molecule has 2 amide bonds. The van der Waals surface area contributed by atoms with E-state index in [-0.39, 0.29) is 30.4 Å². The van der Waals surface area contributed by atoms with E-state index in [2.05, 4.69) is 5.32 Å². The maximum atomic E-state index is 12.8. The number of rotatable bonds is 8. The van der Waals surface area contributed by atoms with E-state index in [0.29, 0.717) is 33.6 Å². The van der Waals surface area contributed by atoms with Gasteiger partial charge in [-0.25, -0.2) is 4.79 Å². The summed E-state index contributed by atoms with van der Waals surface area (Å²) in [7, 11) is 0. The normalized spacial score (nSPS) is 10.5. The summed E-state index contributed by atoms with van der Waals surface area (Å²) in [5, 5.41) is 3.70. The third kappa shape index (κ3) is 5.58. The second-order valence-corrected chi connectivity index (χ2v) is 7.77. The molecule has 0 aliphatic rings. The van der Waals surface area contributed by atoms with Crippen LogP contribution >= 0.6 is 22.9 Å². The van der Waals surface area contributed by atoms with E-state index in [9.17, 15) is 14.4 Å². The zero-order valence-corrected chi connectivity index (χ0v) is 18.6. The first-order valence-electron chi connectivity index (χ1n) is 9.46. The molecule has 0 atom stereocenters. The summed E-state index contributed by atoms with van der Waals surface area (Å²) in [4.78, 5) is 40.0. The van der Waals surface area contributed by atoms with Crippen LogP contribution in [0.25, 0.3) is 0 Å². The summed E-state index contributed by atoms with van der Waals surface area (Å²) in [6.07, 6.45) is 0.121. The SMILES string of the molecule is CCOC(=O)c1c(NC(=O)Cc2ccc(Cl)cc2)sc(C(=O)N(CC)CC)c1C. The molecular weight excluding hydrogens is 412 g/mol. The van der Waals surface area contributed by atoms with Gasteiger partial charge in [-0.3, -0.25) is 9.59 Å². The molecule has 0 radical (unpaired) electrons. The largest absolute Gasteiger partial charge is 0.462 e. The predicted octanol–water partition coefficient (Wildman–Crippen LogP) is 4.55. The van der Waals surface area contributed by atoms with Crippen LogP contribution in [0.1, 0.15) is 51.9 Å². The zero-order chi connectivity index (χ0) is 21.6. The molecule has 1 aromatic heterocycles. The number of ether oxygens (including phenoxy) is 1. The first-order valence-corrected chi connectivity index (χ1v) is 10.7. The minimum Gasteiger partial charge on any atom is -0.462 e. The Balaban J connectivity index is 2.34. The number of nitrogens with zero attached hydrogens (tertiary/aromatic N) is 1. The van der Waals surface area contributed by atoms with E-state index in [4.69, 9.17) is 16.3 Å². The van der Waals surface area contributed by atoms with Crippen molar-refractivity contribution in [3.63, 3.8) is 0 Å². The Morgan fingerprint density at radius 1 is 1.10 bits per heavy atom. The van der Waals surface area contributed by atoms with Gasteiger partial charge in [-0.15, -0.1) is 11.3 Å². The highest BCUT2D eigenvalue weighted by Gasteiger charge is 2.28. The monoisotopic (exact) mass is 436 g/mol. The Labute approximate surface area is 179 Å². The number of benzene rings is 1. The number of carbonyl (C=O) groups excluding carboxylic acids is 3. The number of nitrogens with one attached hydrogen (secondary N) is 1. The maximum Gasteiger partial charge on any atom is 0.341 e. The van der Waals surface area contributed by atoms with Gasteiger partial charge in [0, 0.05) is 18.1 Å². The summed E-state index contributed by atoms with van der Waals surface area (Å²) in [6, 6.07) is 6.96. The number of thiophene rings is 1. The van der Waals surface area contributed by atoms with Crippen molar-refractivity contribution >= 4 is 45.7 Å². The molecule has 6 nitrogen and oxygen atoms in total. The minimum atomic E-state index is -0.554. The molecule has 1 aromatic carbocycles. The van der Waals surface area contributed by atoms with Crippen LogP contribution in [0, 0.1) is 6.92 Å². The number of hydrogen-bond donors (Lipinski definition) is 1. The molecule has 1 heterocycles.